The number of rotatable bonds is 6. The van der Waals surface area contributed by atoms with Crippen LogP contribution in [-0.4, -0.2) is 37.2 Å². The van der Waals surface area contributed by atoms with Gasteiger partial charge in [-0.15, -0.1) is 24.0 Å². The molecule has 1 saturated carbocycles. The smallest absolute Gasteiger partial charge is 0.191 e. The van der Waals surface area contributed by atoms with Crippen molar-refractivity contribution >= 4 is 41.7 Å². The Hall–Kier alpha value is -0.630. The molecule has 0 aromatic heterocycles. The minimum absolute atomic E-state index is 0. The molecule has 4 nitrogen and oxygen atoms in total. The van der Waals surface area contributed by atoms with E-state index < -0.39 is 0 Å². The van der Waals surface area contributed by atoms with E-state index in [1.807, 2.05) is 30.0 Å². The van der Waals surface area contributed by atoms with E-state index in [4.69, 9.17) is 9.73 Å². The monoisotopic (exact) mass is 449 g/mol. The molecule has 0 radical (unpaired) electrons. The molecule has 0 heterocycles. The molecule has 0 aliphatic heterocycles. The number of para-hydroxylation sites is 1. The highest BCUT2D eigenvalue weighted by Crippen LogP contribution is 2.28. The van der Waals surface area contributed by atoms with E-state index in [1.54, 1.807) is 7.11 Å². The summed E-state index contributed by atoms with van der Waals surface area (Å²) < 4.78 is 5.39. The van der Waals surface area contributed by atoms with E-state index in [0.29, 0.717) is 12.6 Å². The number of benzene rings is 1. The van der Waals surface area contributed by atoms with Gasteiger partial charge in [0.1, 0.15) is 5.75 Å². The van der Waals surface area contributed by atoms with Gasteiger partial charge in [-0.25, -0.2) is 4.99 Å². The molecule has 2 rings (SSSR count). The quantitative estimate of drug-likeness (QED) is 0.396. The number of nitrogens with zero attached hydrogens (tertiary/aromatic N) is 1. The van der Waals surface area contributed by atoms with Gasteiger partial charge in [-0.05, 0) is 38.5 Å². The first-order chi connectivity index (χ1) is 10.8. The fraction of sp³-hybridized carbons (Fsp3) is 0.588. The standard InChI is InChI=1S/C17H27N3OS.HI/c1-4-18-17(20-14-9-10-15(11-14)22-3)19-12-13-7-5-6-8-16(13)21-2;/h5-8,14-15H,4,9-12H2,1-3H3,(H2,18,19,20);1H. The van der Waals surface area contributed by atoms with Gasteiger partial charge in [-0.1, -0.05) is 18.2 Å². The van der Waals surface area contributed by atoms with Crippen LogP contribution in [0, 0.1) is 0 Å². The van der Waals surface area contributed by atoms with E-state index in [9.17, 15) is 0 Å². The molecule has 130 valence electrons. The van der Waals surface area contributed by atoms with Gasteiger partial charge in [0.25, 0.3) is 0 Å². The van der Waals surface area contributed by atoms with Crippen molar-refractivity contribution in [2.75, 3.05) is 19.9 Å². The van der Waals surface area contributed by atoms with Crippen molar-refractivity contribution in [2.24, 2.45) is 4.99 Å². The van der Waals surface area contributed by atoms with Gasteiger partial charge >= 0.3 is 0 Å². The van der Waals surface area contributed by atoms with Crippen LogP contribution in [0.3, 0.4) is 0 Å². The molecular formula is C17H28IN3OS. The Bertz CT molecular complexity index is 498. The predicted octanol–water partition coefficient (Wildman–Crippen LogP) is 3.65. The number of ether oxygens (including phenoxy) is 1. The van der Waals surface area contributed by atoms with Crippen LogP contribution in [0.5, 0.6) is 5.75 Å². The minimum Gasteiger partial charge on any atom is -0.496 e. The molecule has 1 aromatic rings. The van der Waals surface area contributed by atoms with Crippen molar-refractivity contribution in [2.45, 2.75) is 44.0 Å². The summed E-state index contributed by atoms with van der Waals surface area (Å²) in [5.74, 6) is 1.80. The van der Waals surface area contributed by atoms with Crippen LogP contribution in [0.1, 0.15) is 31.7 Å². The van der Waals surface area contributed by atoms with Crippen molar-refractivity contribution in [3.05, 3.63) is 29.8 Å². The lowest BCUT2D eigenvalue weighted by atomic mass is 10.2. The summed E-state index contributed by atoms with van der Waals surface area (Å²) in [4.78, 5) is 4.71. The summed E-state index contributed by atoms with van der Waals surface area (Å²) in [5, 5.41) is 7.70. The fourth-order valence-electron chi connectivity index (χ4n) is 2.80. The van der Waals surface area contributed by atoms with Crippen LogP contribution in [0.4, 0.5) is 0 Å². The highest BCUT2D eigenvalue weighted by Gasteiger charge is 2.24. The molecule has 0 spiro atoms. The largest absolute Gasteiger partial charge is 0.496 e. The van der Waals surface area contributed by atoms with Crippen LogP contribution in [0.15, 0.2) is 29.3 Å². The lowest BCUT2D eigenvalue weighted by molar-refractivity contribution is 0.410. The van der Waals surface area contributed by atoms with Crippen molar-refractivity contribution in [1.29, 1.82) is 0 Å². The van der Waals surface area contributed by atoms with Crippen LogP contribution < -0.4 is 15.4 Å². The second-order valence-electron chi connectivity index (χ2n) is 5.52. The van der Waals surface area contributed by atoms with Crippen molar-refractivity contribution < 1.29 is 4.74 Å². The van der Waals surface area contributed by atoms with Crippen molar-refractivity contribution in [1.82, 2.24) is 10.6 Å². The average molecular weight is 449 g/mol. The zero-order chi connectivity index (χ0) is 15.8. The maximum Gasteiger partial charge on any atom is 0.191 e. The number of halogens is 1. The Labute approximate surface area is 161 Å². The molecular weight excluding hydrogens is 421 g/mol. The molecule has 1 aliphatic carbocycles. The summed E-state index contributed by atoms with van der Waals surface area (Å²) in [7, 11) is 1.70. The van der Waals surface area contributed by atoms with Gasteiger partial charge in [0, 0.05) is 23.4 Å². The molecule has 2 atom stereocenters. The maximum atomic E-state index is 5.39. The SMILES string of the molecule is CCNC(=NCc1ccccc1OC)NC1CCC(SC)C1.I. The number of thioether (sulfide) groups is 1. The molecule has 23 heavy (non-hydrogen) atoms. The van der Waals surface area contributed by atoms with E-state index in [1.165, 1.54) is 19.3 Å². The van der Waals surface area contributed by atoms with E-state index >= 15 is 0 Å². The van der Waals surface area contributed by atoms with E-state index in [0.717, 1.165) is 29.1 Å². The van der Waals surface area contributed by atoms with Gasteiger partial charge in [0.15, 0.2) is 5.96 Å². The van der Waals surface area contributed by atoms with Gasteiger partial charge in [0.05, 0.1) is 13.7 Å². The summed E-state index contributed by atoms with van der Waals surface area (Å²) >= 11 is 1.97. The Kier molecular flexibility index (Phi) is 9.78. The molecule has 0 bridgehead atoms. The molecule has 0 amide bonds. The number of guanidine groups is 1. The second-order valence-corrected chi connectivity index (χ2v) is 6.66. The van der Waals surface area contributed by atoms with Gasteiger partial charge in [-0.2, -0.15) is 11.8 Å². The highest BCUT2D eigenvalue weighted by molar-refractivity contribution is 14.0. The van der Waals surface area contributed by atoms with Crippen LogP contribution in [0.25, 0.3) is 0 Å². The van der Waals surface area contributed by atoms with Gasteiger partial charge in [0.2, 0.25) is 0 Å². The molecule has 1 fully saturated rings. The summed E-state index contributed by atoms with van der Waals surface area (Å²) in [6.45, 7) is 3.59. The zero-order valence-electron chi connectivity index (χ0n) is 14.2. The summed E-state index contributed by atoms with van der Waals surface area (Å²) in [5.41, 5.74) is 1.11. The first-order valence-electron chi connectivity index (χ1n) is 7.96. The number of hydrogen-bond donors (Lipinski definition) is 2. The lowest BCUT2D eigenvalue weighted by Gasteiger charge is -2.17. The third-order valence-electron chi connectivity index (χ3n) is 4.00. The van der Waals surface area contributed by atoms with Crippen molar-refractivity contribution in [3.63, 3.8) is 0 Å². The highest BCUT2D eigenvalue weighted by atomic mass is 127. The Morgan fingerprint density at radius 2 is 2.13 bits per heavy atom. The van der Waals surface area contributed by atoms with E-state index in [-0.39, 0.29) is 24.0 Å². The van der Waals surface area contributed by atoms with Crippen LogP contribution in [-0.2, 0) is 6.54 Å². The second kappa shape index (κ2) is 11.0. The maximum absolute atomic E-state index is 5.39. The minimum atomic E-state index is 0. The van der Waals surface area contributed by atoms with Gasteiger partial charge in [-0.3, -0.25) is 0 Å². The molecule has 6 heteroatoms. The summed E-state index contributed by atoms with van der Waals surface area (Å²) in [6.07, 6.45) is 5.95. The molecule has 2 N–H and O–H groups in total. The third kappa shape index (κ3) is 6.41. The van der Waals surface area contributed by atoms with E-state index in [2.05, 4.69) is 29.9 Å². The Morgan fingerprint density at radius 1 is 1.35 bits per heavy atom. The first-order valence-corrected chi connectivity index (χ1v) is 9.25. The number of hydrogen-bond acceptors (Lipinski definition) is 3. The van der Waals surface area contributed by atoms with Crippen LogP contribution in [0.2, 0.25) is 0 Å². The van der Waals surface area contributed by atoms with Crippen molar-refractivity contribution in [3.8, 4) is 5.75 Å². The predicted molar refractivity (Wildman–Crippen MR) is 111 cm³/mol. The molecule has 1 aliphatic rings. The normalized spacial score (nSPS) is 20.7. The average Bonchev–Trinajstić information content (AvgIpc) is 3.00. The molecule has 2 unspecified atom stereocenters. The summed E-state index contributed by atoms with van der Waals surface area (Å²) in [6, 6.07) is 8.58. The number of nitrogens with one attached hydrogen (secondary N) is 2. The number of methoxy groups -OCH3 is 1. The van der Waals surface area contributed by atoms with Gasteiger partial charge < -0.3 is 15.4 Å². The molecule has 1 aromatic carbocycles. The molecule has 0 saturated heterocycles. The zero-order valence-corrected chi connectivity index (χ0v) is 17.3. The first kappa shape index (κ1) is 20.4. The Balaban J connectivity index is 0.00000264. The number of aliphatic imine (C=N–C) groups is 1. The lowest BCUT2D eigenvalue weighted by Crippen LogP contribution is -2.42. The fourth-order valence-corrected chi connectivity index (χ4v) is 3.59. The van der Waals surface area contributed by atoms with Crippen LogP contribution >= 0.6 is 35.7 Å². The Morgan fingerprint density at radius 3 is 2.78 bits per heavy atom. The topological polar surface area (TPSA) is 45.7 Å². The third-order valence-corrected chi connectivity index (χ3v) is 5.10.